The third-order valence-corrected chi connectivity index (χ3v) is 2.81. The van der Waals surface area contributed by atoms with Gasteiger partial charge in [0.1, 0.15) is 5.75 Å². The Morgan fingerprint density at radius 2 is 1.82 bits per heavy atom. The minimum absolute atomic E-state index is 0.375. The molecule has 3 nitrogen and oxygen atoms in total. The van der Waals surface area contributed by atoms with Crippen LogP contribution in [0.2, 0.25) is 0 Å². The van der Waals surface area contributed by atoms with E-state index in [9.17, 15) is 8.42 Å². The summed E-state index contributed by atoms with van der Waals surface area (Å²) in [6, 6.07) is 11.4. The van der Waals surface area contributed by atoms with Gasteiger partial charge in [0, 0.05) is 5.56 Å². The van der Waals surface area contributed by atoms with Crippen LogP contribution in [0.25, 0.3) is 10.8 Å². The number of benzene rings is 2. The Bertz CT molecular complexity index is 622. The van der Waals surface area contributed by atoms with E-state index in [4.69, 9.17) is 4.18 Å². The van der Waals surface area contributed by atoms with Crippen LogP contribution in [-0.4, -0.2) is 8.42 Å². The van der Waals surface area contributed by atoms with Gasteiger partial charge in [-0.1, -0.05) is 30.3 Å². The monoisotopic (exact) mass is 248 g/mol. The van der Waals surface area contributed by atoms with Crippen molar-refractivity contribution in [2.45, 2.75) is 6.42 Å². The highest BCUT2D eigenvalue weighted by Crippen LogP contribution is 2.26. The average molecular weight is 248 g/mol. The van der Waals surface area contributed by atoms with Crippen LogP contribution >= 0.6 is 0 Å². The fourth-order valence-corrected chi connectivity index (χ4v) is 2.08. The van der Waals surface area contributed by atoms with E-state index >= 15 is 0 Å². The molecule has 0 N–H and O–H groups in total. The van der Waals surface area contributed by atoms with Crippen molar-refractivity contribution in [3.8, 4) is 5.75 Å². The van der Waals surface area contributed by atoms with Crippen molar-refractivity contribution in [2.24, 2.45) is 0 Å². The summed E-state index contributed by atoms with van der Waals surface area (Å²) in [5.41, 5.74) is 0.818. The summed E-state index contributed by atoms with van der Waals surface area (Å²) in [4.78, 5) is 0. The minimum atomic E-state index is -2.89. The van der Waals surface area contributed by atoms with Gasteiger partial charge in [0.2, 0.25) is 0 Å². The lowest BCUT2D eigenvalue weighted by Crippen LogP contribution is -1.95. The molecule has 4 heteroatoms. The first-order valence-electron chi connectivity index (χ1n) is 5.15. The van der Waals surface area contributed by atoms with E-state index in [2.05, 4.69) is 6.58 Å². The Hall–Kier alpha value is -1.81. The lowest BCUT2D eigenvalue weighted by molar-refractivity contribution is 0.508. The molecule has 0 saturated carbocycles. The summed E-state index contributed by atoms with van der Waals surface area (Å²) in [7, 11) is -2.89. The van der Waals surface area contributed by atoms with Crippen molar-refractivity contribution in [1.82, 2.24) is 0 Å². The van der Waals surface area contributed by atoms with E-state index in [1.807, 2.05) is 30.3 Å². The zero-order valence-corrected chi connectivity index (χ0v) is 10.0. The van der Waals surface area contributed by atoms with Gasteiger partial charge in [-0.3, -0.25) is 0 Å². The van der Waals surface area contributed by atoms with Crippen molar-refractivity contribution < 1.29 is 12.6 Å². The maximum atomic E-state index is 10.7. The molecule has 0 bridgehead atoms. The second-order valence-corrected chi connectivity index (χ2v) is 4.24. The Morgan fingerprint density at radius 1 is 1.18 bits per heavy atom. The molecule has 0 aliphatic carbocycles. The Balaban J connectivity index is 2.60. The number of allylic oxidation sites excluding steroid dienone is 1. The summed E-state index contributed by atoms with van der Waals surface area (Å²) < 4.78 is 26.1. The quantitative estimate of drug-likeness (QED) is 0.667. The summed E-state index contributed by atoms with van der Waals surface area (Å²) in [5, 5.41) is 2.00. The molecular weight excluding hydrogens is 236 g/mol. The Labute approximate surface area is 101 Å². The van der Waals surface area contributed by atoms with E-state index in [0.29, 0.717) is 12.2 Å². The fourth-order valence-electron chi connectivity index (χ4n) is 1.75. The SMILES string of the molecule is C=CCc1cc2ccccc2cc1O[SH](=O)=O. The van der Waals surface area contributed by atoms with Crippen molar-refractivity contribution in [1.29, 1.82) is 0 Å². The highest BCUT2D eigenvalue weighted by molar-refractivity contribution is 7.67. The lowest BCUT2D eigenvalue weighted by atomic mass is 10.0. The predicted octanol–water partition coefficient (Wildman–Crippen LogP) is 2.47. The smallest absolute Gasteiger partial charge is 0.299 e. The number of fused-ring (bicyclic) bond motifs is 1. The maximum absolute atomic E-state index is 10.7. The molecule has 0 radical (unpaired) electrons. The Morgan fingerprint density at radius 3 is 2.41 bits per heavy atom. The second-order valence-electron chi connectivity index (χ2n) is 3.61. The van der Waals surface area contributed by atoms with Gasteiger partial charge in [-0.2, -0.15) is 8.42 Å². The van der Waals surface area contributed by atoms with Gasteiger partial charge in [-0.25, -0.2) is 0 Å². The van der Waals surface area contributed by atoms with Crippen molar-refractivity contribution in [3.05, 3.63) is 54.6 Å². The summed E-state index contributed by atoms with van der Waals surface area (Å²) >= 11 is 0. The van der Waals surface area contributed by atoms with Crippen LogP contribution in [0.5, 0.6) is 5.75 Å². The van der Waals surface area contributed by atoms with Crippen LogP contribution in [-0.2, 0) is 17.4 Å². The number of thiol groups is 1. The summed E-state index contributed by atoms with van der Waals surface area (Å²) in [6.07, 6.45) is 2.29. The van der Waals surface area contributed by atoms with Crippen molar-refractivity contribution in [2.75, 3.05) is 0 Å². The average Bonchev–Trinajstić information content (AvgIpc) is 2.29. The normalized spacial score (nSPS) is 10.6. The largest absolute Gasteiger partial charge is 0.384 e. The van der Waals surface area contributed by atoms with E-state index in [-0.39, 0.29) is 0 Å². The first-order chi connectivity index (χ1) is 8.20. The zero-order chi connectivity index (χ0) is 12.3. The standard InChI is InChI=1S/C13H12O3S/c1-2-5-12-8-10-6-3-4-7-11(10)9-13(12)16-17(14)15/h2-4,6-9,17H,1,5H2. The summed E-state index contributed by atoms with van der Waals surface area (Å²) in [5.74, 6) is 0.375. The molecule has 2 rings (SSSR count). The van der Waals surface area contributed by atoms with Crippen LogP contribution < -0.4 is 4.18 Å². The van der Waals surface area contributed by atoms with E-state index in [0.717, 1.165) is 16.3 Å². The van der Waals surface area contributed by atoms with Crippen molar-refractivity contribution in [3.63, 3.8) is 0 Å². The topological polar surface area (TPSA) is 43.4 Å². The molecule has 0 saturated heterocycles. The van der Waals surface area contributed by atoms with Gasteiger partial charge in [-0.05, 0) is 29.3 Å². The second kappa shape index (κ2) is 5.01. The van der Waals surface area contributed by atoms with Gasteiger partial charge in [0.15, 0.2) is 0 Å². The van der Waals surface area contributed by atoms with Gasteiger partial charge in [0.25, 0.3) is 11.0 Å². The zero-order valence-electron chi connectivity index (χ0n) is 9.13. The Kier molecular flexibility index (Phi) is 3.44. The fraction of sp³-hybridized carbons (Fsp3) is 0.0769. The third-order valence-electron chi connectivity index (χ3n) is 2.47. The molecule has 0 heterocycles. The molecular formula is C13H12O3S. The summed E-state index contributed by atoms with van der Waals surface area (Å²) in [6.45, 7) is 3.65. The highest BCUT2D eigenvalue weighted by atomic mass is 32.2. The molecule has 17 heavy (non-hydrogen) atoms. The minimum Gasteiger partial charge on any atom is -0.384 e. The molecule has 2 aromatic carbocycles. The van der Waals surface area contributed by atoms with Crippen molar-refractivity contribution >= 4 is 21.8 Å². The molecule has 0 aliphatic heterocycles. The molecule has 0 fully saturated rings. The molecule has 0 aliphatic rings. The van der Waals surface area contributed by atoms with Crippen LogP contribution in [0, 0.1) is 0 Å². The van der Waals surface area contributed by atoms with Crippen LogP contribution in [0.1, 0.15) is 5.56 Å². The van der Waals surface area contributed by atoms with E-state index < -0.39 is 11.0 Å². The van der Waals surface area contributed by atoms with Gasteiger partial charge in [-0.15, -0.1) is 6.58 Å². The van der Waals surface area contributed by atoms with Gasteiger partial charge >= 0.3 is 0 Å². The van der Waals surface area contributed by atoms with E-state index in [1.165, 1.54) is 0 Å². The van der Waals surface area contributed by atoms with Crippen LogP contribution in [0.15, 0.2) is 49.1 Å². The molecule has 0 unspecified atom stereocenters. The number of hydrogen-bond donors (Lipinski definition) is 1. The third kappa shape index (κ3) is 2.65. The molecule has 0 atom stereocenters. The number of hydrogen-bond acceptors (Lipinski definition) is 3. The first-order valence-corrected chi connectivity index (χ1v) is 6.25. The molecule has 0 spiro atoms. The first kappa shape index (κ1) is 11.7. The van der Waals surface area contributed by atoms with Gasteiger partial charge < -0.3 is 4.18 Å². The van der Waals surface area contributed by atoms with Crippen LogP contribution in [0.4, 0.5) is 0 Å². The number of rotatable bonds is 4. The predicted molar refractivity (Wildman–Crippen MR) is 68.8 cm³/mol. The molecule has 0 amide bonds. The molecule has 0 aromatic heterocycles. The molecule has 88 valence electrons. The lowest BCUT2D eigenvalue weighted by Gasteiger charge is -2.07. The van der Waals surface area contributed by atoms with E-state index in [1.54, 1.807) is 12.1 Å². The van der Waals surface area contributed by atoms with Crippen LogP contribution in [0.3, 0.4) is 0 Å². The highest BCUT2D eigenvalue weighted by Gasteiger charge is 2.06. The van der Waals surface area contributed by atoms with Gasteiger partial charge in [0.05, 0.1) is 0 Å². The maximum Gasteiger partial charge on any atom is 0.299 e. The molecule has 2 aromatic rings.